The van der Waals surface area contributed by atoms with E-state index in [9.17, 15) is 5.26 Å². The topological polar surface area (TPSA) is 23.8 Å². The Bertz CT molecular complexity index is 1400. The van der Waals surface area contributed by atoms with Crippen molar-refractivity contribution in [2.24, 2.45) is 0 Å². The maximum Gasteiger partial charge on any atom is 0.112 e. The molecular formula is C30H23BrNP. The van der Waals surface area contributed by atoms with Crippen LogP contribution in [0.5, 0.6) is 0 Å². The quantitative estimate of drug-likeness (QED) is 0.342. The Labute approximate surface area is 206 Å². The van der Waals surface area contributed by atoms with Crippen molar-refractivity contribution in [1.82, 2.24) is 0 Å². The molecule has 0 saturated carbocycles. The van der Waals surface area contributed by atoms with E-state index < -0.39 is 7.26 Å². The van der Waals surface area contributed by atoms with Crippen LogP contribution >= 0.6 is 7.26 Å². The first-order valence-electron chi connectivity index (χ1n) is 10.7. The molecule has 5 aromatic carbocycles. The van der Waals surface area contributed by atoms with Gasteiger partial charge >= 0.3 is 0 Å². The van der Waals surface area contributed by atoms with Crippen molar-refractivity contribution in [3.05, 3.63) is 127 Å². The van der Waals surface area contributed by atoms with Crippen LogP contribution in [-0.4, -0.2) is 6.66 Å². The predicted octanol–water partition coefficient (Wildman–Crippen LogP) is 3.31. The monoisotopic (exact) mass is 507 g/mol. The Balaban J connectivity index is 0.00000259. The molecule has 0 aliphatic carbocycles. The van der Waals surface area contributed by atoms with Gasteiger partial charge in [0.25, 0.3) is 0 Å². The standard InChI is InChI=1S/C30H23NP.BrH/c1-32(27-10-4-2-5-11-27,28-12-6-3-7-13-28)30-15-9-8-14-29(30)25-19-18-24-17-16-23(22-31)20-26(24)21-25;/h2-21H,1H3;1H/q+1;/p-1. The third kappa shape index (κ3) is 4.23. The largest absolute Gasteiger partial charge is 1.00 e. The second-order valence-electron chi connectivity index (χ2n) is 8.08. The molecule has 33 heavy (non-hydrogen) atoms. The van der Waals surface area contributed by atoms with Crippen LogP contribution in [0.15, 0.2) is 121 Å². The van der Waals surface area contributed by atoms with Crippen molar-refractivity contribution < 1.29 is 17.0 Å². The van der Waals surface area contributed by atoms with Gasteiger partial charge in [-0.25, -0.2) is 0 Å². The maximum absolute atomic E-state index is 9.34. The van der Waals surface area contributed by atoms with Gasteiger partial charge in [0.1, 0.15) is 23.2 Å². The summed E-state index contributed by atoms with van der Waals surface area (Å²) in [6, 6.07) is 45.3. The van der Waals surface area contributed by atoms with Gasteiger partial charge in [0.05, 0.1) is 18.3 Å². The average Bonchev–Trinajstić information content (AvgIpc) is 2.88. The number of nitrogens with zero attached hydrogens (tertiary/aromatic N) is 1. The zero-order valence-electron chi connectivity index (χ0n) is 18.3. The van der Waals surface area contributed by atoms with Crippen LogP contribution in [0, 0.1) is 11.3 Å². The number of rotatable bonds is 4. The fourth-order valence-electron chi connectivity index (χ4n) is 4.47. The lowest BCUT2D eigenvalue weighted by Gasteiger charge is -2.25. The molecule has 160 valence electrons. The average molecular weight is 508 g/mol. The third-order valence-corrected chi connectivity index (χ3v) is 10.2. The van der Waals surface area contributed by atoms with Crippen molar-refractivity contribution in [2.45, 2.75) is 0 Å². The summed E-state index contributed by atoms with van der Waals surface area (Å²) in [5.41, 5.74) is 3.12. The molecule has 0 heterocycles. The van der Waals surface area contributed by atoms with Crippen molar-refractivity contribution in [3.8, 4) is 17.2 Å². The molecule has 0 amide bonds. The summed E-state index contributed by atoms with van der Waals surface area (Å²) < 4.78 is 0. The normalized spacial score (nSPS) is 10.9. The Morgan fingerprint density at radius 1 is 0.606 bits per heavy atom. The van der Waals surface area contributed by atoms with E-state index in [-0.39, 0.29) is 17.0 Å². The van der Waals surface area contributed by atoms with Crippen LogP contribution in [-0.2, 0) is 0 Å². The molecule has 0 aliphatic rings. The first-order valence-corrected chi connectivity index (χ1v) is 13.0. The van der Waals surface area contributed by atoms with E-state index in [2.05, 4.69) is 116 Å². The van der Waals surface area contributed by atoms with Crippen LogP contribution in [0.3, 0.4) is 0 Å². The summed E-state index contributed by atoms with van der Waals surface area (Å²) in [6.45, 7) is 2.42. The molecule has 0 N–H and O–H groups in total. The van der Waals surface area contributed by atoms with Crippen LogP contribution in [0.4, 0.5) is 0 Å². The molecule has 5 rings (SSSR count). The van der Waals surface area contributed by atoms with E-state index in [4.69, 9.17) is 0 Å². The summed E-state index contributed by atoms with van der Waals surface area (Å²) in [5.74, 6) is 0. The molecule has 0 atom stereocenters. The summed E-state index contributed by atoms with van der Waals surface area (Å²) in [5, 5.41) is 15.7. The minimum absolute atomic E-state index is 0. The summed E-state index contributed by atoms with van der Waals surface area (Å²) in [7, 11) is -1.86. The fraction of sp³-hybridized carbons (Fsp3) is 0.0333. The molecule has 0 aliphatic heterocycles. The molecule has 5 aromatic rings. The number of fused-ring (bicyclic) bond motifs is 1. The number of hydrogen-bond acceptors (Lipinski definition) is 1. The van der Waals surface area contributed by atoms with Crippen molar-refractivity contribution >= 4 is 33.9 Å². The fourth-order valence-corrected chi connectivity index (χ4v) is 7.93. The van der Waals surface area contributed by atoms with Gasteiger partial charge in [-0.3, -0.25) is 0 Å². The lowest BCUT2D eigenvalue weighted by atomic mass is 10.00. The summed E-state index contributed by atoms with van der Waals surface area (Å²) >= 11 is 0. The van der Waals surface area contributed by atoms with E-state index in [1.807, 2.05) is 18.2 Å². The minimum Gasteiger partial charge on any atom is -1.00 e. The van der Waals surface area contributed by atoms with Gasteiger partial charge in [0, 0.05) is 5.56 Å². The molecular weight excluding hydrogens is 485 g/mol. The lowest BCUT2D eigenvalue weighted by Crippen LogP contribution is -3.00. The van der Waals surface area contributed by atoms with Crippen molar-refractivity contribution in [3.63, 3.8) is 0 Å². The van der Waals surface area contributed by atoms with Crippen molar-refractivity contribution in [2.75, 3.05) is 6.66 Å². The number of hydrogen-bond donors (Lipinski definition) is 0. The van der Waals surface area contributed by atoms with Gasteiger partial charge in [-0.1, -0.05) is 72.8 Å². The summed E-state index contributed by atoms with van der Waals surface area (Å²) in [4.78, 5) is 0. The first kappa shape index (κ1) is 22.9. The maximum atomic E-state index is 9.34. The highest BCUT2D eigenvalue weighted by Gasteiger charge is 2.41. The van der Waals surface area contributed by atoms with Crippen LogP contribution in [0.2, 0.25) is 0 Å². The van der Waals surface area contributed by atoms with Crippen molar-refractivity contribution in [1.29, 1.82) is 5.26 Å². The first-order chi connectivity index (χ1) is 15.7. The van der Waals surface area contributed by atoms with Crippen LogP contribution < -0.4 is 32.9 Å². The van der Waals surface area contributed by atoms with Crippen LogP contribution in [0.1, 0.15) is 5.56 Å². The van der Waals surface area contributed by atoms with E-state index in [0.29, 0.717) is 5.56 Å². The molecule has 0 fully saturated rings. The van der Waals surface area contributed by atoms with Gasteiger partial charge in [-0.15, -0.1) is 0 Å². The predicted molar refractivity (Wildman–Crippen MR) is 139 cm³/mol. The third-order valence-electron chi connectivity index (χ3n) is 6.21. The van der Waals surface area contributed by atoms with Gasteiger partial charge in [-0.2, -0.15) is 5.26 Å². The van der Waals surface area contributed by atoms with E-state index in [1.165, 1.54) is 27.0 Å². The zero-order chi connectivity index (χ0) is 22.0. The number of benzene rings is 5. The van der Waals surface area contributed by atoms with E-state index in [1.54, 1.807) is 0 Å². The minimum atomic E-state index is -1.86. The highest BCUT2D eigenvalue weighted by Crippen LogP contribution is 2.53. The van der Waals surface area contributed by atoms with Crippen LogP contribution in [0.25, 0.3) is 21.9 Å². The molecule has 1 nitrogen and oxygen atoms in total. The second kappa shape index (κ2) is 9.72. The molecule has 0 saturated heterocycles. The van der Waals surface area contributed by atoms with Gasteiger partial charge < -0.3 is 17.0 Å². The molecule has 0 unspecified atom stereocenters. The highest BCUT2D eigenvalue weighted by atomic mass is 79.9. The number of nitriles is 1. The molecule has 0 spiro atoms. The Kier molecular flexibility index (Phi) is 6.75. The number of halogens is 1. The SMILES string of the molecule is C[P+](c1ccccc1)(c1ccccc1)c1ccccc1-c1ccc2ccc(C#N)cc2c1.[Br-]. The van der Waals surface area contributed by atoms with Gasteiger partial charge in [0.15, 0.2) is 0 Å². The Hall–Kier alpha value is -3.24. The highest BCUT2D eigenvalue weighted by molar-refractivity contribution is 7.95. The molecule has 3 heteroatoms. The molecule has 0 aromatic heterocycles. The molecule has 0 bridgehead atoms. The summed E-state index contributed by atoms with van der Waals surface area (Å²) in [6.07, 6.45) is 0. The second-order valence-corrected chi connectivity index (χ2v) is 11.6. The van der Waals surface area contributed by atoms with Gasteiger partial charge in [-0.05, 0) is 64.9 Å². The van der Waals surface area contributed by atoms with E-state index in [0.717, 1.165) is 10.8 Å². The Morgan fingerprint density at radius 2 is 1.18 bits per heavy atom. The zero-order valence-corrected chi connectivity index (χ0v) is 20.8. The van der Waals surface area contributed by atoms with Gasteiger partial charge in [0.2, 0.25) is 0 Å². The smallest absolute Gasteiger partial charge is 0.112 e. The van der Waals surface area contributed by atoms with E-state index >= 15 is 0 Å². The molecule has 0 radical (unpaired) electrons. The Morgan fingerprint density at radius 3 is 1.82 bits per heavy atom. The lowest BCUT2D eigenvalue weighted by molar-refractivity contribution is -0.00000635.